The van der Waals surface area contributed by atoms with Crippen molar-refractivity contribution in [2.45, 2.75) is 4.90 Å². The summed E-state index contributed by atoms with van der Waals surface area (Å²) in [4.78, 5) is 6.86. The summed E-state index contributed by atoms with van der Waals surface area (Å²) < 4.78 is 26.0. The van der Waals surface area contributed by atoms with E-state index < -0.39 is 10.0 Å². The predicted molar refractivity (Wildman–Crippen MR) is 81.1 cm³/mol. The van der Waals surface area contributed by atoms with Gasteiger partial charge in [0.2, 0.25) is 5.95 Å². The first-order valence-corrected chi connectivity index (χ1v) is 7.80. The highest BCUT2D eigenvalue weighted by Crippen LogP contribution is 2.17. The number of nitrogens with zero attached hydrogens (tertiary/aromatic N) is 2. The number of hydrogen-bond acceptors (Lipinski definition) is 4. The van der Waals surface area contributed by atoms with Crippen molar-refractivity contribution in [2.75, 3.05) is 5.43 Å². The molecule has 0 unspecified atom stereocenters. The van der Waals surface area contributed by atoms with Crippen LogP contribution in [0.1, 0.15) is 0 Å². The van der Waals surface area contributed by atoms with Crippen molar-refractivity contribution in [1.82, 2.24) is 14.4 Å². The number of rotatable bonds is 4. The molecule has 0 radical (unpaired) electrons. The summed E-state index contributed by atoms with van der Waals surface area (Å²) in [5, 5.41) is 0. The number of hydrazine groups is 1. The fourth-order valence-corrected chi connectivity index (χ4v) is 2.89. The van der Waals surface area contributed by atoms with Gasteiger partial charge in [-0.1, -0.05) is 30.3 Å². The van der Waals surface area contributed by atoms with E-state index in [-0.39, 0.29) is 4.90 Å². The largest absolute Gasteiger partial charge is 0.312 e. The van der Waals surface area contributed by atoms with Crippen LogP contribution in [0.3, 0.4) is 0 Å². The second-order valence-corrected chi connectivity index (χ2v) is 6.21. The van der Waals surface area contributed by atoms with Crippen LogP contribution in [0.5, 0.6) is 0 Å². The molecule has 0 fully saturated rings. The number of sulfonamides is 1. The van der Waals surface area contributed by atoms with Crippen molar-refractivity contribution in [3.63, 3.8) is 0 Å². The van der Waals surface area contributed by atoms with Crippen molar-refractivity contribution in [2.24, 2.45) is 7.05 Å². The van der Waals surface area contributed by atoms with Crippen LogP contribution in [-0.2, 0) is 17.1 Å². The third kappa shape index (κ3) is 2.61. The molecule has 0 bridgehead atoms. The summed E-state index contributed by atoms with van der Waals surface area (Å²) in [5.41, 5.74) is 4.36. The second-order valence-electron chi connectivity index (χ2n) is 4.53. The van der Waals surface area contributed by atoms with Gasteiger partial charge < -0.3 is 4.57 Å². The zero-order chi connectivity index (χ0) is 14.9. The van der Waals surface area contributed by atoms with Gasteiger partial charge in [-0.3, -0.25) is 5.43 Å². The molecule has 0 amide bonds. The van der Waals surface area contributed by atoms with Crippen molar-refractivity contribution >= 4 is 27.0 Å². The van der Waals surface area contributed by atoms with E-state index in [2.05, 4.69) is 15.2 Å². The summed E-state index contributed by atoms with van der Waals surface area (Å²) in [6, 6.07) is 15.7. The lowest BCUT2D eigenvalue weighted by Gasteiger charge is -2.08. The summed E-state index contributed by atoms with van der Waals surface area (Å²) in [7, 11) is -1.81. The van der Waals surface area contributed by atoms with Crippen LogP contribution >= 0.6 is 0 Å². The highest BCUT2D eigenvalue weighted by atomic mass is 32.2. The number of aromatic nitrogens is 2. The maximum absolute atomic E-state index is 12.1. The Labute approximate surface area is 122 Å². The molecule has 0 saturated heterocycles. The fraction of sp³-hybridized carbons (Fsp3) is 0.0714. The van der Waals surface area contributed by atoms with Crippen LogP contribution in [-0.4, -0.2) is 18.0 Å². The molecule has 3 rings (SSSR count). The van der Waals surface area contributed by atoms with Gasteiger partial charge in [0.05, 0.1) is 15.9 Å². The molecule has 0 aliphatic heterocycles. The zero-order valence-corrected chi connectivity index (χ0v) is 12.1. The summed E-state index contributed by atoms with van der Waals surface area (Å²) >= 11 is 0. The molecule has 2 aromatic carbocycles. The Morgan fingerprint density at radius 2 is 1.67 bits per heavy atom. The minimum Gasteiger partial charge on any atom is -0.312 e. The highest BCUT2D eigenvalue weighted by Gasteiger charge is 2.14. The van der Waals surface area contributed by atoms with E-state index in [4.69, 9.17) is 0 Å². The van der Waals surface area contributed by atoms with Crippen LogP contribution in [0.15, 0.2) is 59.5 Å². The quantitative estimate of drug-likeness (QED) is 0.722. The summed E-state index contributed by atoms with van der Waals surface area (Å²) in [5.74, 6) is 0.427. The maximum Gasteiger partial charge on any atom is 0.257 e. The molecule has 108 valence electrons. The number of aryl methyl sites for hydroxylation is 1. The fourth-order valence-electron chi connectivity index (χ4n) is 2.03. The minimum absolute atomic E-state index is 0.191. The normalized spacial score (nSPS) is 11.7. The molecule has 6 nitrogen and oxygen atoms in total. The Bertz CT molecular complexity index is 872. The molecular weight excluding hydrogens is 288 g/mol. The van der Waals surface area contributed by atoms with E-state index in [1.165, 1.54) is 12.1 Å². The highest BCUT2D eigenvalue weighted by molar-refractivity contribution is 7.89. The SMILES string of the molecule is Cn1c(NNS(=O)(=O)c2ccccc2)nc2ccccc21. The number of anilines is 1. The van der Waals surface area contributed by atoms with Crippen LogP contribution < -0.4 is 10.3 Å². The predicted octanol–water partition coefficient (Wildman–Crippen LogP) is 1.88. The maximum atomic E-state index is 12.1. The number of para-hydroxylation sites is 2. The van der Waals surface area contributed by atoms with E-state index in [1.54, 1.807) is 22.8 Å². The van der Waals surface area contributed by atoms with Crippen LogP contribution in [0.4, 0.5) is 5.95 Å². The van der Waals surface area contributed by atoms with Crippen molar-refractivity contribution in [3.05, 3.63) is 54.6 Å². The standard InChI is InChI=1S/C14H14N4O2S/c1-18-13-10-6-5-9-12(13)15-14(18)16-17-21(19,20)11-7-3-2-4-8-11/h2-10,17H,1H3,(H,15,16). The number of hydrogen-bond donors (Lipinski definition) is 2. The molecule has 0 aliphatic carbocycles. The average molecular weight is 302 g/mol. The van der Waals surface area contributed by atoms with Gasteiger partial charge in [0.25, 0.3) is 10.0 Å². The van der Waals surface area contributed by atoms with Crippen LogP contribution in [0.2, 0.25) is 0 Å². The van der Waals surface area contributed by atoms with Crippen molar-refractivity contribution in [3.8, 4) is 0 Å². The Morgan fingerprint density at radius 1 is 1.00 bits per heavy atom. The van der Waals surface area contributed by atoms with Crippen molar-refractivity contribution < 1.29 is 8.42 Å². The van der Waals surface area contributed by atoms with Gasteiger partial charge in [0.15, 0.2) is 0 Å². The lowest BCUT2D eigenvalue weighted by Crippen LogP contribution is -2.30. The van der Waals surface area contributed by atoms with Gasteiger partial charge in [-0.25, -0.2) is 13.4 Å². The van der Waals surface area contributed by atoms with E-state index in [1.807, 2.05) is 31.3 Å². The molecule has 1 heterocycles. The molecule has 0 aliphatic rings. The third-order valence-corrected chi connectivity index (χ3v) is 4.40. The molecule has 0 spiro atoms. The summed E-state index contributed by atoms with van der Waals surface area (Å²) in [6.45, 7) is 0. The number of imidazole rings is 1. The third-order valence-electron chi connectivity index (χ3n) is 3.14. The molecule has 21 heavy (non-hydrogen) atoms. The van der Waals surface area contributed by atoms with Crippen LogP contribution in [0, 0.1) is 0 Å². The van der Waals surface area contributed by atoms with Gasteiger partial charge in [-0.2, -0.15) is 0 Å². The van der Waals surface area contributed by atoms with E-state index in [0.29, 0.717) is 5.95 Å². The van der Waals surface area contributed by atoms with Gasteiger partial charge in [0.1, 0.15) is 0 Å². The molecule has 2 N–H and O–H groups in total. The first kappa shape index (κ1) is 13.6. The van der Waals surface area contributed by atoms with E-state index >= 15 is 0 Å². The summed E-state index contributed by atoms with van der Waals surface area (Å²) in [6.07, 6.45) is 0. The topological polar surface area (TPSA) is 76.0 Å². The van der Waals surface area contributed by atoms with E-state index in [0.717, 1.165) is 11.0 Å². The average Bonchev–Trinajstić information content (AvgIpc) is 2.83. The first-order valence-electron chi connectivity index (χ1n) is 6.32. The van der Waals surface area contributed by atoms with Gasteiger partial charge in [-0.15, -0.1) is 4.83 Å². The van der Waals surface area contributed by atoms with Gasteiger partial charge >= 0.3 is 0 Å². The van der Waals surface area contributed by atoms with Gasteiger partial charge in [0, 0.05) is 7.05 Å². The molecule has 1 aromatic heterocycles. The molecule has 0 atom stereocenters. The lowest BCUT2D eigenvalue weighted by atomic mass is 10.3. The zero-order valence-electron chi connectivity index (χ0n) is 11.3. The molecular formula is C14H14N4O2S. The Morgan fingerprint density at radius 3 is 2.38 bits per heavy atom. The minimum atomic E-state index is -3.63. The monoisotopic (exact) mass is 302 g/mol. The number of benzene rings is 2. The molecule has 7 heteroatoms. The number of nitrogens with one attached hydrogen (secondary N) is 2. The van der Waals surface area contributed by atoms with Crippen molar-refractivity contribution in [1.29, 1.82) is 0 Å². The van der Waals surface area contributed by atoms with Gasteiger partial charge in [-0.05, 0) is 24.3 Å². The molecule has 0 saturated carbocycles. The Hall–Kier alpha value is -2.38. The van der Waals surface area contributed by atoms with Crippen LogP contribution in [0.25, 0.3) is 11.0 Å². The second kappa shape index (κ2) is 5.19. The Kier molecular flexibility index (Phi) is 3.36. The lowest BCUT2D eigenvalue weighted by molar-refractivity contribution is 0.587. The Balaban J connectivity index is 1.85. The van der Waals surface area contributed by atoms with E-state index in [9.17, 15) is 8.42 Å². The number of fused-ring (bicyclic) bond motifs is 1. The molecule has 3 aromatic rings. The smallest absolute Gasteiger partial charge is 0.257 e. The first-order chi connectivity index (χ1) is 10.1.